The van der Waals surface area contributed by atoms with Crippen LogP contribution in [0.1, 0.15) is 102 Å². The minimum atomic E-state index is -0.632. The predicted molar refractivity (Wildman–Crippen MR) is 238 cm³/mol. The first-order valence-corrected chi connectivity index (χ1v) is 22.3. The number of methoxy groups -OCH3 is 1. The SMILES string of the molecule is CN=C1NC#CCC2CCCC2(Cc2ccc(O)c(OC)c2)C(=O)C=CCC2(CCCC2)c2cc(c3c(c2)OC2(CNC)CC(CC#CO3)C(CCOCNCC(C)O)C2)N1. The number of aliphatic imine (C=N–C) groups is 1. The molecule has 5 aliphatic rings. The van der Waals surface area contributed by atoms with Gasteiger partial charge in [-0.05, 0) is 136 Å². The zero-order valence-corrected chi connectivity index (χ0v) is 36.5. The molecule has 6 N–H and O–H groups in total. The second-order valence-electron chi connectivity index (χ2n) is 18.0. The van der Waals surface area contributed by atoms with Gasteiger partial charge in [0, 0.05) is 51.0 Å². The number of phenolic OH excluding ortho intramolecular Hbond substituents is 1. The Labute approximate surface area is 362 Å². The van der Waals surface area contributed by atoms with Gasteiger partial charge in [-0.25, -0.2) is 0 Å². The van der Waals surface area contributed by atoms with Gasteiger partial charge >= 0.3 is 0 Å². The fourth-order valence-electron chi connectivity index (χ4n) is 10.9. The number of carbonyl (C=O) groups excluding carboxylic acids is 1. The molecule has 6 unspecified atom stereocenters. The lowest BCUT2D eigenvalue weighted by Gasteiger charge is -2.35. The number of anilines is 1. The van der Waals surface area contributed by atoms with Crippen LogP contribution in [0.4, 0.5) is 5.69 Å². The summed E-state index contributed by atoms with van der Waals surface area (Å²) >= 11 is 0. The van der Waals surface area contributed by atoms with E-state index in [1.165, 1.54) is 0 Å². The Morgan fingerprint density at radius 1 is 1.10 bits per heavy atom. The number of phenols is 1. The molecule has 6 atom stereocenters. The van der Waals surface area contributed by atoms with E-state index in [0.717, 1.165) is 75.3 Å². The molecule has 3 aliphatic carbocycles. The molecule has 1 spiro atoms. The average molecular weight is 836 g/mol. The van der Waals surface area contributed by atoms with E-state index >= 15 is 0 Å². The normalized spacial score (nSPS) is 27.9. The molecule has 2 heterocycles. The zero-order chi connectivity index (χ0) is 42.9. The Morgan fingerprint density at radius 3 is 2.74 bits per heavy atom. The van der Waals surface area contributed by atoms with Crippen molar-refractivity contribution in [3.05, 3.63) is 53.6 Å². The summed E-state index contributed by atoms with van der Waals surface area (Å²) in [6, 6.07) is 12.9. The van der Waals surface area contributed by atoms with E-state index in [1.54, 1.807) is 27.1 Å². The van der Waals surface area contributed by atoms with Crippen molar-refractivity contribution < 1.29 is 34.0 Å². The minimum absolute atomic E-state index is 0.0525. The molecule has 2 aromatic rings. The molecule has 12 heteroatoms. The fourth-order valence-corrected chi connectivity index (χ4v) is 10.9. The Bertz CT molecular complexity index is 2060. The number of rotatable bonds is 12. The molecule has 0 radical (unpaired) electrons. The van der Waals surface area contributed by atoms with Crippen LogP contribution in [-0.4, -0.2) is 81.3 Å². The quantitative estimate of drug-likeness (QED) is 0.0784. The largest absolute Gasteiger partial charge is 0.504 e. The number of allylic oxidation sites excluding steroid dienone is 2. The average Bonchev–Trinajstić information content (AvgIpc) is 3.98. The molecular formula is C49H65N5O7. The Balaban J connectivity index is 1.24. The van der Waals surface area contributed by atoms with Crippen LogP contribution in [0.15, 0.2) is 47.5 Å². The number of nitrogens with zero attached hydrogens (tertiary/aromatic N) is 1. The summed E-state index contributed by atoms with van der Waals surface area (Å²) in [6.45, 7) is 3.90. The van der Waals surface area contributed by atoms with Gasteiger partial charge in [-0.15, -0.1) is 0 Å². The zero-order valence-electron chi connectivity index (χ0n) is 36.5. The molecule has 2 aliphatic heterocycles. The van der Waals surface area contributed by atoms with E-state index in [9.17, 15) is 15.0 Å². The molecule has 328 valence electrons. The number of likely N-dealkylation sites (N-methyl/N-ethyl adjacent to an activating group) is 1. The number of aliphatic hydroxyl groups is 1. The standard InChI is InChI=1S/C49H65N5O7/c1-34(55)31-52-33-59-24-17-37-30-48(32-50-2)29-36(37)11-10-23-60-45-40-26-39(27-43(45)61-48)47(18-5-6-19-47)20-8-14-44(57)49(28-35-15-16-41(56)42(25-35)58-4)21-7-12-38(49)13-9-22-53-46(51-3)54-40/h8,14-16,25-27,34,36-38,50,52,55-56H,5-7,11-13,17-21,24,28-33H2,1-4H3,(H2,51,53,54). The number of hydrogen-bond donors (Lipinski definition) is 6. The third-order valence-corrected chi connectivity index (χ3v) is 13.9. The van der Waals surface area contributed by atoms with E-state index in [2.05, 4.69) is 68.5 Å². The molecule has 2 aromatic carbocycles. The van der Waals surface area contributed by atoms with Gasteiger partial charge in [-0.1, -0.05) is 43.2 Å². The number of aromatic hydroxyl groups is 1. The van der Waals surface area contributed by atoms with E-state index in [-0.39, 0.29) is 22.9 Å². The fraction of sp³-hybridized carbons (Fsp3) is 0.592. The van der Waals surface area contributed by atoms with E-state index in [0.29, 0.717) is 92.8 Å². The van der Waals surface area contributed by atoms with Gasteiger partial charge in [0.25, 0.3) is 0 Å². The molecule has 0 aromatic heterocycles. The maximum Gasteiger partial charge on any atom is 0.207 e. The Kier molecular flexibility index (Phi) is 14.5. The third-order valence-electron chi connectivity index (χ3n) is 13.9. The summed E-state index contributed by atoms with van der Waals surface area (Å²) in [5.74, 6) is 9.64. The molecular weight excluding hydrogens is 771 g/mol. The van der Waals surface area contributed by atoms with Gasteiger partial charge in [0.15, 0.2) is 23.0 Å². The van der Waals surface area contributed by atoms with Gasteiger partial charge < -0.3 is 39.8 Å². The third kappa shape index (κ3) is 10.2. The highest BCUT2D eigenvalue weighted by Crippen LogP contribution is 2.53. The maximum absolute atomic E-state index is 14.7. The van der Waals surface area contributed by atoms with Gasteiger partial charge in [0.1, 0.15) is 11.7 Å². The van der Waals surface area contributed by atoms with Gasteiger partial charge in [0.2, 0.25) is 11.7 Å². The van der Waals surface area contributed by atoms with E-state index in [4.69, 9.17) is 18.9 Å². The van der Waals surface area contributed by atoms with Crippen LogP contribution in [0.2, 0.25) is 0 Å². The molecule has 61 heavy (non-hydrogen) atoms. The van der Waals surface area contributed by atoms with Gasteiger partial charge in [0.05, 0.1) is 25.6 Å². The van der Waals surface area contributed by atoms with Crippen molar-refractivity contribution in [2.75, 3.05) is 52.9 Å². The Morgan fingerprint density at radius 2 is 1.95 bits per heavy atom. The summed E-state index contributed by atoms with van der Waals surface area (Å²) in [4.78, 5) is 19.3. The van der Waals surface area contributed by atoms with Crippen molar-refractivity contribution in [3.63, 3.8) is 0 Å². The van der Waals surface area contributed by atoms with Crippen LogP contribution in [0.5, 0.6) is 23.0 Å². The number of ketones is 1. The number of ether oxygens (including phenoxy) is 4. The molecule has 3 saturated carbocycles. The van der Waals surface area contributed by atoms with Gasteiger partial charge in [-0.3, -0.25) is 20.4 Å². The van der Waals surface area contributed by atoms with Crippen molar-refractivity contribution in [3.8, 4) is 47.0 Å². The number of benzene rings is 2. The van der Waals surface area contributed by atoms with Crippen LogP contribution in [-0.2, 0) is 21.4 Å². The van der Waals surface area contributed by atoms with E-state index < -0.39 is 17.1 Å². The second kappa shape index (κ2) is 20.0. The molecule has 0 saturated heterocycles. The van der Waals surface area contributed by atoms with Crippen molar-refractivity contribution in [2.24, 2.45) is 28.2 Å². The van der Waals surface area contributed by atoms with Crippen LogP contribution in [0, 0.1) is 47.2 Å². The van der Waals surface area contributed by atoms with Crippen LogP contribution < -0.4 is 35.5 Å². The molecule has 0 amide bonds. The van der Waals surface area contributed by atoms with E-state index in [1.807, 2.05) is 25.3 Å². The summed E-state index contributed by atoms with van der Waals surface area (Å²) in [7, 11) is 5.24. The van der Waals surface area contributed by atoms with Crippen LogP contribution in [0.25, 0.3) is 0 Å². The van der Waals surface area contributed by atoms with Crippen LogP contribution >= 0.6 is 0 Å². The summed E-state index contributed by atoms with van der Waals surface area (Å²) in [5.41, 5.74) is 1.40. The number of nitrogens with one attached hydrogen (secondary N) is 4. The number of guanidine groups is 1. The monoisotopic (exact) mass is 835 g/mol. The minimum Gasteiger partial charge on any atom is -0.504 e. The first-order chi connectivity index (χ1) is 29.6. The number of aliphatic hydroxyl groups excluding tert-OH is 1. The number of carbonyl (C=O) groups is 1. The lowest BCUT2D eigenvalue weighted by atomic mass is 9.68. The lowest BCUT2D eigenvalue weighted by Crippen LogP contribution is -2.43. The molecule has 4 bridgehead atoms. The first-order valence-electron chi connectivity index (χ1n) is 22.3. The van der Waals surface area contributed by atoms with Gasteiger partial charge in [-0.2, -0.15) is 0 Å². The molecule has 7 rings (SSSR count). The van der Waals surface area contributed by atoms with Crippen molar-refractivity contribution in [2.45, 2.75) is 114 Å². The lowest BCUT2D eigenvalue weighted by molar-refractivity contribution is -0.125. The maximum atomic E-state index is 14.7. The van der Waals surface area contributed by atoms with Crippen molar-refractivity contribution in [1.82, 2.24) is 16.0 Å². The molecule has 12 nitrogen and oxygen atoms in total. The number of hydrogen-bond acceptors (Lipinski definition) is 10. The Hall–Kier alpha value is -4.72. The first kappa shape index (κ1) is 44.3. The van der Waals surface area contributed by atoms with Crippen molar-refractivity contribution >= 4 is 17.4 Å². The predicted octanol–water partition coefficient (Wildman–Crippen LogP) is 6.55. The van der Waals surface area contributed by atoms with Crippen molar-refractivity contribution in [1.29, 1.82) is 0 Å². The highest BCUT2D eigenvalue weighted by atomic mass is 16.5. The second-order valence-corrected chi connectivity index (χ2v) is 18.0. The highest BCUT2D eigenvalue weighted by Gasteiger charge is 2.49. The smallest absolute Gasteiger partial charge is 0.207 e. The summed E-state index contributed by atoms with van der Waals surface area (Å²) in [5, 5.41) is 33.3. The topological polar surface area (TPSA) is 155 Å². The summed E-state index contributed by atoms with van der Waals surface area (Å²) in [6.07, 6.45) is 18.4. The number of fused-ring (bicyclic) bond motifs is 8. The molecule has 3 fully saturated rings. The summed E-state index contributed by atoms with van der Waals surface area (Å²) < 4.78 is 25.1. The highest BCUT2D eigenvalue weighted by molar-refractivity contribution is 5.97. The van der Waals surface area contributed by atoms with Crippen LogP contribution in [0.3, 0.4) is 0 Å².